The van der Waals surface area contributed by atoms with Gasteiger partial charge in [-0.05, 0) is 218 Å². The van der Waals surface area contributed by atoms with Crippen LogP contribution >= 0.6 is 0 Å². The zero-order valence-corrected chi connectivity index (χ0v) is 52.7. The smallest absolute Gasteiger partial charge is 0.333 e. The average molecular weight is 1120 g/mol. The predicted octanol–water partition coefficient (Wildman–Crippen LogP) is 21.6. The molecule has 86 heavy (non-hydrogen) atoms. The Morgan fingerprint density at radius 1 is 0.442 bits per heavy atom. The van der Waals surface area contributed by atoms with E-state index in [4.69, 9.17) is 0 Å². The van der Waals surface area contributed by atoms with Gasteiger partial charge in [-0.1, -0.05) is 205 Å². The van der Waals surface area contributed by atoms with Gasteiger partial charge in [0.1, 0.15) is 0 Å². The first-order valence-electron chi connectivity index (χ1n) is 33.3. The zero-order chi connectivity index (χ0) is 58.6. The van der Waals surface area contributed by atoms with Gasteiger partial charge in [0.05, 0.1) is 11.4 Å². The molecule has 2 aliphatic heterocycles. The van der Waals surface area contributed by atoms with Crippen molar-refractivity contribution in [3.05, 3.63) is 204 Å². The first kappa shape index (κ1) is 54.1. The van der Waals surface area contributed by atoms with Crippen LogP contribution in [0.2, 0.25) is 0 Å². The summed E-state index contributed by atoms with van der Waals surface area (Å²) in [6.45, 7) is 20.9. The average Bonchev–Trinajstić information content (AvgIpc) is 1.34. The molecule has 6 aliphatic rings. The number of aromatic nitrogens is 1. The maximum absolute atomic E-state index is 2.89. The van der Waals surface area contributed by atoms with Crippen molar-refractivity contribution in [1.29, 1.82) is 0 Å². The highest BCUT2D eigenvalue weighted by atomic mass is 15.2. The van der Waals surface area contributed by atoms with E-state index in [1.54, 1.807) is 11.1 Å². The minimum atomic E-state index is -0.124. The predicted molar refractivity (Wildman–Crippen MR) is 369 cm³/mol. The van der Waals surface area contributed by atoms with Crippen LogP contribution in [0.25, 0.3) is 54.8 Å². The topological polar surface area (TPSA) is 11.4 Å². The summed E-state index contributed by atoms with van der Waals surface area (Å²) < 4.78 is 2.89. The van der Waals surface area contributed by atoms with Crippen LogP contribution in [-0.4, -0.2) is 11.3 Å². The highest BCUT2D eigenvalue weighted by Crippen LogP contribution is 2.57. The molecule has 16 rings (SSSR count). The van der Waals surface area contributed by atoms with Crippen LogP contribution in [-0.2, 0) is 27.1 Å². The molecule has 4 bridgehead atoms. The summed E-state index contributed by atoms with van der Waals surface area (Å²) in [5.74, 6) is 1.69. The van der Waals surface area contributed by atoms with E-state index in [0.717, 1.165) is 28.9 Å². The molecule has 0 saturated heterocycles. The Kier molecular flexibility index (Phi) is 12.3. The Balaban J connectivity index is 1.03. The molecule has 4 heteroatoms. The lowest BCUT2D eigenvalue weighted by Crippen LogP contribution is -2.57. The molecule has 4 aliphatic carbocycles. The van der Waals surface area contributed by atoms with E-state index in [9.17, 15) is 0 Å². The molecule has 432 valence electrons. The summed E-state index contributed by atoms with van der Waals surface area (Å²) in [5, 5.41) is 5.52. The largest absolute Gasteiger partial charge is 0.375 e. The lowest BCUT2D eigenvalue weighted by molar-refractivity contribution is 0.149. The Bertz CT molecular complexity index is 4250. The second kappa shape index (κ2) is 19.6. The van der Waals surface area contributed by atoms with E-state index in [1.807, 2.05) is 0 Å². The van der Waals surface area contributed by atoms with E-state index in [-0.39, 0.29) is 33.9 Å². The van der Waals surface area contributed by atoms with Gasteiger partial charge in [-0.3, -0.25) is 0 Å². The van der Waals surface area contributed by atoms with Crippen molar-refractivity contribution in [3.8, 4) is 22.3 Å². The van der Waals surface area contributed by atoms with Gasteiger partial charge in [0.2, 0.25) is 0 Å². The quantitative estimate of drug-likeness (QED) is 0.147. The van der Waals surface area contributed by atoms with Gasteiger partial charge in [0, 0.05) is 61.1 Å². The second-order valence-electron chi connectivity index (χ2n) is 31.0. The first-order valence-corrected chi connectivity index (χ1v) is 33.3. The third kappa shape index (κ3) is 8.55. The molecule has 3 heterocycles. The highest BCUT2D eigenvalue weighted by Gasteiger charge is 2.48. The van der Waals surface area contributed by atoms with Crippen molar-refractivity contribution in [3.63, 3.8) is 0 Å². The standard InChI is InChI=1S/C82H86BN3/c1-78(2,3)57-27-33-62(34-28-57)84(63-35-29-58(30-36-63)79(4,5)6)64-37-40-74-71(50-64)83-75-68(45-56-25-13-14-26-65(56)77(75)85(74)72-38-31-59(80(7,8)9)46-66(72)55-23-11-10-12-24-55)70-49-61(82-43-17-21-54(52-82)22-18-44-82)48-69-67-47-60(32-39-73(67)86(83)76(69)70)81-41-15-19-53(51-81)20-16-42-81/h10-14,23-40,45-50,53-54H,15-22,41-44,51-52H2,1-9H3. The fourth-order valence-corrected chi connectivity index (χ4v) is 18.2. The fraction of sp³-hybridized carbons (Fsp3) is 0.366. The Labute approximate surface area is 513 Å². The van der Waals surface area contributed by atoms with Crippen LogP contribution in [0, 0.1) is 11.8 Å². The van der Waals surface area contributed by atoms with Crippen molar-refractivity contribution in [1.82, 2.24) is 4.48 Å². The van der Waals surface area contributed by atoms with Crippen LogP contribution in [0.15, 0.2) is 176 Å². The number of hydrogen-bond acceptors (Lipinski definition) is 2. The summed E-state index contributed by atoms with van der Waals surface area (Å²) >= 11 is 0. The maximum atomic E-state index is 2.89. The van der Waals surface area contributed by atoms with Crippen LogP contribution in [0.5, 0.6) is 0 Å². The molecule has 1 aromatic heterocycles. The van der Waals surface area contributed by atoms with Gasteiger partial charge in [-0.15, -0.1) is 0 Å². The Morgan fingerprint density at radius 3 is 1.60 bits per heavy atom. The zero-order valence-electron chi connectivity index (χ0n) is 52.7. The number of anilines is 6. The van der Waals surface area contributed by atoms with Crippen LogP contribution in [0.4, 0.5) is 34.1 Å². The minimum absolute atomic E-state index is 0.0272. The Morgan fingerprint density at radius 2 is 0.988 bits per heavy atom. The number of fused-ring (bicyclic) bond motifs is 13. The van der Waals surface area contributed by atoms with Crippen molar-refractivity contribution < 1.29 is 0 Å². The van der Waals surface area contributed by atoms with Crippen molar-refractivity contribution in [2.45, 2.75) is 179 Å². The van der Waals surface area contributed by atoms with Gasteiger partial charge >= 0.3 is 6.85 Å². The molecule has 0 N–H and O–H groups in total. The molecule has 4 fully saturated rings. The van der Waals surface area contributed by atoms with E-state index < -0.39 is 0 Å². The molecule has 0 amide bonds. The third-order valence-electron chi connectivity index (χ3n) is 22.6. The van der Waals surface area contributed by atoms with E-state index >= 15 is 0 Å². The van der Waals surface area contributed by atoms with E-state index in [1.165, 1.54) is 189 Å². The summed E-state index contributed by atoms with van der Waals surface area (Å²) in [4.78, 5) is 5.27. The summed E-state index contributed by atoms with van der Waals surface area (Å²) in [7, 11) is 0. The molecule has 0 spiro atoms. The second-order valence-corrected chi connectivity index (χ2v) is 31.0. The molecular formula is C82H86BN3. The van der Waals surface area contributed by atoms with Gasteiger partial charge < -0.3 is 14.3 Å². The summed E-state index contributed by atoms with van der Waals surface area (Å²) in [5.41, 5.74) is 25.8. The first-order chi connectivity index (χ1) is 41.4. The molecule has 0 atom stereocenters. The molecular weight excluding hydrogens is 1040 g/mol. The van der Waals surface area contributed by atoms with Gasteiger partial charge in [-0.25, -0.2) is 0 Å². The molecule has 4 saturated carbocycles. The monoisotopic (exact) mass is 1120 g/mol. The van der Waals surface area contributed by atoms with Crippen molar-refractivity contribution in [2.75, 3.05) is 9.80 Å². The molecule has 10 aromatic rings. The van der Waals surface area contributed by atoms with Gasteiger partial charge in [0.15, 0.2) is 0 Å². The highest BCUT2D eigenvalue weighted by molar-refractivity contribution is 6.90. The van der Waals surface area contributed by atoms with Crippen LogP contribution in [0.3, 0.4) is 0 Å². The number of nitrogens with zero attached hydrogens (tertiary/aromatic N) is 3. The summed E-state index contributed by atoms with van der Waals surface area (Å²) in [6, 6.07) is 70.7. The number of hydrogen-bond donors (Lipinski definition) is 0. The minimum Gasteiger partial charge on any atom is -0.375 e. The van der Waals surface area contributed by atoms with Gasteiger partial charge in [-0.2, -0.15) is 0 Å². The molecule has 3 nitrogen and oxygen atoms in total. The SMILES string of the molecule is CC(C)(C)c1ccc(N(c2ccc(C(C)(C)C)cc2)c2ccc3c(c2)B2c4c(cc5ccccc5c4N3c3ccc(C(C)(C)C)cc3-c3ccccc3)-c3cc(C45CCCC(CCC4)C5)cc4c5cc(C67CCCC(CCC6)C7)ccc5n2c34)cc1. The van der Waals surface area contributed by atoms with Crippen LogP contribution < -0.4 is 20.7 Å². The maximum Gasteiger partial charge on any atom is 0.333 e. The van der Waals surface area contributed by atoms with Gasteiger partial charge in [0.25, 0.3) is 0 Å². The lowest BCUT2D eigenvalue weighted by Gasteiger charge is -2.46. The molecule has 0 unspecified atom stereocenters. The van der Waals surface area contributed by atoms with Crippen LogP contribution in [0.1, 0.15) is 180 Å². The summed E-state index contributed by atoms with van der Waals surface area (Å²) in [6.07, 6.45) is 18.9. The third-order valence-corrected chi connectivity index (χ3v) is 22.6. The fourth-order valence-electron chi connectivity index (χ4n) is 18.2. The van der Waals surface area contributed by atoms with E-state index in [0.29, 0.717) is 0 Å². The van der Waals surface area contributed by atoms with Crippen molar-refractivity contribution in [2.24, 2.45) is 11.8 Å². The number of benzene rings is 9. The Hall–Kier alpha value is -7.30. The van der Waals surface area contributed by atoms with E-state index in [2.05, 4.69) is 253 Å². The number of rotatable bonds is 7. The normalized spacial score (nSPS) is 21.6. The lowest BCUT2D eigenvalue weighted by atomic mass is 9.44. The van der Waals surface area contributed by atoms with Crippen molar-refractivity contribution >= 4 is 84.5 Å². The molecule has 9 aromatic carbocycles. The molecule has 0 radical (unpaired) electrons.